The van der Waals surface area contributed by atoms with Crippen LogP contribution in [0, 0.1) is 17.2 Å². The Balaban J connectivity index is 1.76. The van der Waals surface area contributed by atoms with Gasteiger partial charge in [0, 0.05) is 24.8 Å². The highest BCUT2D eigenvalue weighted by Crippen LogP contribution is 2.17. The van der Waals surface area contributed by atoms with E-state index in [1.54, 1.807) is 24.3 Å². The zero-order valence-electron chi connectivity index (χ0n) is 12.6. The minimum absolute atomic E-state index is 0.215. The molecule has 1 aromatic carbocycles. The summed E-state index contributed by atoms with van der Waals surface area (Å²) in [5.41, 5.74) is 1.18. The number of nitrogens with one attached hydrogen (secondary N) is 2. The number of nitrogens with zero attached hydrogens (tertiary/aromatic N) is 2. The van der Waals surface area contributed by atoms with E-state index in [0.29, 0.717) is 29.8 Å². The molecule has 21 heavy (non-hydrogen) atoms. The van der Waals surface area contributed by atoms with Crippen molar-refractivity contribution < 1.29 is 4.79 Å². The van der Waals surface area contributed by atoms with Gasteiger partial charge in [-0.25, -0.2) is 4.79 Å². The molecular weight excluding hydrogens is 264 g/mol. The normalized spacial score (nSPS) is 18.5. The standard InChI is InChI=1S/C16H22N4O/c1-12(2)20-7-6-14(11-20)10-18-16(21)19-15-5-3-4-13(8-15)9-17/h3-5,8,12,14H,6-7,10-11H2,1-2H3,(H2,18,19,21)/t14-/m1/s1. The number of carbonyl (C=O) groups excluding carboxylic acids is 1. The average molecular weight is 286 g/mol. The second-order valence-corrected chi connectivity index (χ2v) is 5.77. The van der Waals surface area contributed by atoms with Crippen molar-refractivity contribution in [2.45, 2.75) is 26.3 Å². The molecule has 0 aromatic heterocycles. The van der Waals surface area contributed by atoms with Gasteiger partial charge in [0.05, 0.1) is 11.6 Å². The topological polar surface area (TPSA) is 68.2 Å². The Hall–Kier alpha value is -2.06. The van der Waals surface area contributed by atoms with Gasteiger partial charge in [-0.3, -0.25) is 0 Å². The van der Waals surface area contributed by atoms with Crippen molar-refractivity contribution in [1.82, 2.24) is 10.2 Å². The number of anilines is 1. The molecule has 0 bridgehead atoms. The quantitative estimate of drug-likeness (QED) is 0.893. The molecule has 2 amide bonds. The number of benzene rings is 1. The smallest absolute Gasteiger partial charge is 0.319 e. The van der Waals surface area contributed by atoms with Gasteiger partial charge in [0.2, 0.25) is 0 Å². The number of amides is 2. The Morgan fingerprint density at radius 1 is 1.52 bits per heavy atom. The number of urea groups is 1. The van der Waals surface area contributed by atoms with E-state index in [1.165, 1.54) is 0 Å². The monoisotopic (exact) mass is 286 g/mol. The van der Waals surface area contributed by atoms with E-state index >= 15 is 0 Å². The fourth-order valence-electron chi connectivity index (χ4n) is 2.58. The van der Waals surface area contributed by atoms with Gasteiger partial charge in [-0.1, -0.05) is 6.07 Å². The van der Waals surface area contributed by atoms with Gasteiger partial charge in [0.15, 0.2) is 0 Å². The first-order valence-corrected chi connectivity index (χ1v) is 7.37. The van der Waals surface area contributed by atoms with Crippen LogP contribution >= 0.6 is 0 Å². The summed E-state index contributed by atoms with van der Waals surface area (Å²) in [4.78, 5) is 14.3. The molecule has 1 fully saturated rings. The Labute approximate surface area is 125 Å². The maximum Gasteiger partial charge on any atom is 0.319 e. The fraction of sp³-hybridized carbons (Fsp3) is 0.500. The molecule has 1 saturated heterocycles. The third kappa shape index (κ3) is 4.47. The molecule has 1 aliphatic heterocycles. The van der Waals surface area contributed by atoms with E-state index < -0.39 is 0 Å². The summed E-state index contributed by atoms with van der Waals surface area (Å²) in [6, 6.07) is 9.31. The van der Waals surface area contributed by atoms with Gasteiger partial charge in [-0.2, -0.15) is 5.26 Å². The molecule has 5 heteroatoms. The van der Waals surface area contributed by atoms with Crippen LogP contribution in [0.5, 0.6) is 0 Å². The zero-order valence-corrected chi connectivity index (χ0v) is 12.6. The average Bonchev–Trinajstić information content (AvgIpc) is 2.94. The molecular formula is C16H22N4O. The summed E-state index contributed by atoms with van der Waals surface area (Å²) < 4.78 is 0. The molecule has 2 N–H and O–H groups in total. The SMILES string of the molecule is CC(C)N1CC[C@H](CNC(=O)Nc2cccc(C#N)c2)C1. The Morgan fingerprint density at radius 2 is 2.33 bits per heavy atom. The number of likely N-dealkylation sites (tertiary alicyclic amines) is 1. The summed E-state index contributed by atoms with van der Waals surface area (Å²) in [5.74, 6) is 0.517. The van der Waals surface area contributed by atoms with Crippen molar-refractivity contribution in [2.75, 3.05) is 25.0 Å². The number of hydrogen-bond donors (Lipinski definition) is 2. The summed E-state index contributed by atoms with van der Waals surface area (Å²) in [6.45, 7) is 7.24. The minimum Gasteiger partial charge on any atom is -0.338 e. The molecule has 112 valence electrons. The zero-order chi connectivity index (χ0) is 15.2. The van der Waals surface area contributed by atoms with E-state index in [0.717, 1.165) is 19.5 Å². The molecule has 0 spiro atoms. The first-order valence-electron chi connectivity index (χ1n) is 7.37. The van der Waals surface area contributed by atoms with Gasteiger partial charge in [0.25, 0.3) is 0 Å². The van der Waals surface area contributed by atoms with Crippen LogP contribution in [0.15, 0.2) is 24.3 Å². The van der Waals surface area contributed by atoms with Crippen LogP contribution in [0.1, 0.15) is 25.8 Å². The lowest BCUT2D eigenvalue weighted by atomic mass is 10.1. The molecule has 0 aliphatic carbocycles. The maximum atomic E-state index is 11.9. The number of carbonyl (C=O) groups is 1. The lowest BCUT2D eigenvalue weighted by Gasteiger charge is -2.20. The largest absolute Gasteiger partial charge is 0.338 e. The van der Waals surface area contributed by atoms with Gasteiger partial charge in [0.1, 0.15) is 0 Å². The molecule has 0 unspecified atom stereocenters. The van der Waals surface area contributed by atoms with E-state index in [9.17, 15) is 4.79 Å². The fourth-order valence-corrected chi connectivity index (χ4v) is 2.58. The van der Waals surface area contributed by atoms with Gasteiger partial charge in [-0.15, -0.1) is 0 Å². The third-order valence-corrected chi connectivity index (χ3v) is 3.85. The Morgan fingerprint density at radius 3 is 3.00 bits per heavy atom. The predicted octanol–water partition coefficient (Wildman–Crippen LogP) is 2.41. The van der Waals surface area contributed by atoms with E-state index in [1.807, 2.05) is 0 Å². The molecule has 2 rings (SSSR count). The number of rotatable bonds is 4. The molecule has 1 aliphatic rings. The van der Waals surface area contributed by atoms with Crippen molar-refractivity contribution in [3.05, 3.63) is 29.8 Å². The third-order valence-electron chi connectivity index (χ3n) is 3.85. The van der Waals surface area contributed by atoms with Crippen molar-refractivity contribution >= 4 is 11.7 Å². The first-order chi connectivity index (χ1) is 10.1. The van der Waals surface area contributed by atoms with E-state index in [4.69, 9.17) is 5.26 Å². The van der Waals surface area contributed by atoms with Crippen LogP contribution in [0.25, 0.3) is 0 Å². The maximum absolute atomic E-state index is 11.9. The summed E-state index contributed by atoms with van der Waals surface area (Å²) >= 11 is 0. The molecule has 1 aromatic rings. The highest BCUT2D eigenvalue weighted by molar-refractivity contribution is 5.89. The van der Waals surface area contributed by atoms with Crippen LogP contribution in [0.2, 0.25) is 0 Å². The highest BCUT2D eigenvalue weighted by atomic mass is 16.2. The van der Waals surface area contributed by atoms with Crippen LogP contribution in [0.3, 0.4) is 0 Å². The molecule has 0 radical (unpaired) electrons. The summed E-state index contributed by atoms with van der Waals surface area (Å²) in [6.07, 6.45) is 1.13. The van der Waals surface area contributed by atoms with Crippen molar-refractivity contribution in [3.63, 3.8) is 0 Å². The van der Waals surface area contributed by atoms with Crippen LogP contribution in [0.4, 0.5) is 10.5 Å². The van der Waals surface area contributed by atoms with Crippen LogP contribution < -0.4 is 10.6 Å². The lowest BCUT2D eigenvalue weighted by molar-refractivity contribution is 0.247. The molecule has 1 heterocycles. The second-order valence-electron chi connectivity index (χ2n) is 5.77. The number of nitriles is 1. The van der Waals surface area contributed by atoms with Gasteiger partial charge in [-0.05, 0) is 50.9 Å². The van der Waals surface area contributed by atoms with Gasteiger partial charge < -0.3 is 15.5 Å². The van der Waals surface area contributed by atoms with Crippen molar-refractivity contribution in [2.24, 2.45) is 5.92 Å². The van der Waals surface area contributed by atoms with Gasteiger partial charge >= 0.3 is 6.03 Å². The van der Waals surface area contributed by atoms with E-state index in [-0.39, 0.29) is 6.03 Å². The predicted molar refractivity (Wildman–Crippen MR) is 83.0 cm³/mol. The summed E-state index contributed by atoms with van der Waals surface area (Å²) in [7, 11) is 0. The Bertz CT molecular complexity index is 535. The Kier molecular flexibility index (Phi) is 5.18. The van der Waals surface area contributed by atoms with Crippen molar-refractivity contribution in [3.8, 4) is 6.07 Å². The van der Waals surface area contributed by atoms with Crippen LogP contribution in [-0.2, 0) is 0 Å². The molecule has 0 saturated carbocycles. The minimum atomic E-state index is -0.215. The number of hydrogen-bond acceptors (Lipinski definition) is 3. The van der Waals surface area contributed by atoms with Crippen molar-refractivity contribution in [1.29, 1.82) is 5.26 Å². The van der Waals surface area contributed by atoms with Crippen LogP contribution in [-0.4, -0.2) is 36.6 Å². The summed E-state index contributed by atoms with van der Waals surface area (Å²) in [5, 5.41) is 14.5. The lowest BCUT2D eigenvalue weighted by Crippen LogP contribution is -2.35. The highest BCUT2D eigenvalue weighted by Gasteiger charge is 2.24. The second kappa shape index (κ2) is 7.09. The molecule has 1 atom stereocenters. The first kappa shape index (κ1) is 15.3. The molecule has 5 nitrogen and oxygen atoms in total. The van der Waals surface area contributed by atoms with E-state index in [2.05, 4.69) is 35.5 Å².